The second kappa shape index (κ2) is 22.4. The Hall–Kier alpha value is -2.76. The number of nitrogens with zero attached hydrogens (tertiary/aromatic N) is 4. The number of phenolic OH excluding ortho intramolecular Hbond substituents is 2. The molecule has 189 valence electrons. The number of hydrogen-bond donors (Lipinski definition) is 2. The summed E-state index contributed by atoms with van der Waals surface area (Å²) in [5, 5.41) is 37.3. The van der Waals surface area contributed by atoms with Crippen LogP contribution in [0.25, 0.3) is 10.8 Å². The van der Waals surface area contributed by atoms with Crippen LogP contribution in [-0.2, 0) is 17.1 Å². The van der Waals surface area contributed by atoms with Crippen molar-refractivity contribution in [1.82, 2.24) is 0 Å². The Kier molecular flexibility index (Phi) is 25.5. The smallest absolute Gasteiger partial charge is 0.150 e. The molecule has 0 aliphatic rings. The van der Waals surface area contributed by atoms with Gasteiger partial charge in [-0.15, -0.1) is 10.2 Å². The van der Waals surface area contributed by atoms with Gasteiger partial charge in [-0.3, -0.25) is 0 Å². The third-order valence-corrected chi connectivity index (χ3v) is 3.32. The Balaban J connectivity index is -0.000000382. The number of hydrogen-bond acceptors (Lipinski definition) is 6. The van der Waals surface area contributed by atoms with Crippen molar-refractivity contribution in [2.45, 2.75) is 62.8 Å². The summed E-state index contributed by atoms with van der Waals surface area (Å²) in [7, 11) is 1.55. The molecular formula is C26H42CuN4O2. The number of rotatable bonds is 3. The van der Waals surface area contributed by atoms with Gasteiger partial charge in [-0.05, 0) is 23.6 Å². The monoisotopic (exact) mass is 505 g/mol. The molecule has 7 heteroatoms. The van der Waals surface area contributed by atoms with Gasteiger partial charge in [-0.2, -0.15) is 10.2 Å². The van der Waals surface area contributed by atoms with E-state index in [-0.39, 0.29) is 49.1 Å². The summed E-state index contributed by atoms with van der Waals surface area (Å²) >= 11 is 0. The van der Waals surface area contributed by atoms with Crippen LogP contribution in [0.5, 0.6) is 11.5 Å². The molecule has 1 radical (unpaired) electrons. The van der Waals surface area contributed by atoms with Crippen molar-refractivity contribution < 1.29 is 27.3 Å². The minimum absolute atomic E-state index is 0. The zero-order valence-electron chi connectivity index (χ0n) is 19.4. The topological polar surface area (TPSA) is 89.9 Å². The molecule has 0 saturated carbocycles. The molecule has 0 spiro atoms. The summed E-state index contributed by atoms with van der Waals surface area (Å²) in [5.74, 6) is 0.00155. The van der Waals surface area contributed by atoms with Gasteiger partial charge >= 0.3 is 0 Å². The van der Waals surface area contributed by atoms with Crippen LogP contribution in [0, 0.1) is 0 Å². The average Bonchev–Trinajstić information content (AvgIpc) is 2.78. The van der Waals surface area contributed by atoms with Crippen LogP contribution in [0.4, 0.5) is 17.1 Å². The molecule has 3 rings (SSSR count). The van der Waals surface area contributed by atoms with E-state index in [1.807, 2.05) is 58.0 Å². The van der Waals surface area contributed by atoms with E-state index in [1.165, 1.54) is 12.5 Å². The SMILES string of the molecule is C.C.CC.CC.CCC.CN=Nc1ccc(N=Nc2ccc3ccccc3c2O)c(O)c1.[Cu]. The van der Waals surface area contributed by atoms with Gasteiger partial charge in [0, 0.05) is 35.6 Å². The first-order chi connectivity index (χ1) is 14.6. The molecule has 33 heavy (non-hydrogen) atoms. The minimum Gasteiger partial charge on any atom is -0.506 e. The molecule has 3 aromatic carbocycles. The normalized spacial score (nSPS) is 9.06. The van der Waals surface area contributed by atoms with Gasteiger partial charge < -0.3 is 10.2 Å². The van der Waals surface area contributed by atoms with Crippen LogP contribution in [0.1, 0.15) is 62.8 Å². The first kappa shape index (κ1) is 37.5. The maximum Gasteiger partial charge on any atom is 0.150 e. The van der Waals surface area contributed by atoms with Crippen molar-refractivity contribution in [2.24, 2.45) is 20.5 Å². The predicted molar refractivity (Wildman–Crippen MR) is 140 cm³/mol. The molecule has 0 aromatic heterocycles. The van der Waals surface area contributed by atoms with Gasteiger partial charge in [0.2, 0.25) is 0 Å². The van der Waals surface area contributed by atoms with Gasteiger partial charge in [0.15, 0.2) is 5.75 Å². The Morgan fingerprint density at radius 3 is 1.79 bits per heavy atom. The first-order valence-corrected chi connectivity index (χ1v) is 10.4. The Labute approximate surface area is 211 Å². The molecule has 3 aromatic rings. The summed E-state index contributed by atoms with van der Waals surface area (Å²) in [6.45, 7) is 12.2. The standard InChI is InChI=1S/C17H14N4O2.C3H8.2C2H6.2CH4.Cu/c1-18-19-12-7-9-14(16(22)10-12)20-21-15-8-6-11-4-2-3-5-13(11)17(15)23;1-3-2;2*1-2;;;/h2-10,22-23H,1H3;3H2,1-2H3;2*1-2H3;2*1H4;. The first-order valence-electron chi connectivity index (χ1n) is 10.4. The molecule has 0 bridgehead atoms. The summed E-state index contributed by atoms with van der Waals surface area (Å²) in [6.07, 6.45) is 1.25. The molecule has 6 nitrogen and oxygen atoms in total. The number of azo groups is 2. The number of fused-ring (bicyclic) bond motifs is 1. The molecule has 0 atom stereocenters. The van der Waals surface area contributed by atoms with Gasteiger partial charge in [0.25, 0.3) is 0 Å². The zero-order chi connectivity index (χ0) is 22.9. The van der Waals surface area contributed by atoms with Crippen LogP contribution >= 0.6 is 0 Å². The molecular weight excluding hydrogens is 464 g/mol. The van der Waals surface area contributed by atoms with Gasteiger partial charge in [-0.1, -0.05) is 93.1 Å². The minimum atomic E-state index is -0.0565. The van der Waals surface area contributed by atoms with Crippen molar-refractivity contribution in [3.8, 4) is 11.5 Å². The molecule has 0 amide bonds. The van der Waals surface area contributed by atoms with Crippen molar-refractivity contribution in [3.63, 3.8) is 0 Å². The number of phenols is 2. The number of aromatic hydroxyl groups is 2. The van der Waals surface area contributed by atoms with E-state index in [2.05, 4.69) is 34.3 Å². The van der Waals surface area contributed by atoms with E-state index in [0.29, 0.717) is 16.8 Å². The largest absolute Gasteiger partial charge is 0.506 e. The van der Waals surface area contributed by atoms with Gasteiger partial charge in [0.05, 0.1) is 5.69 Å². The van der Waals surface area contributed by atoms with Crippen molar-refractivity contribution in [2.75, 3.05) is 7.05 Å². The van der Waals surface area contributed by atoms with Crippen molar-refractivity contribution in [3.05, 3.63) is 54.6 Å². The van der Waals surface area contributed by atoms with Gasteiger partial charge in [0.1, 0.15) is 17.1 Å². The fourth-order valence-corrected chi connectivity index (χ4v) is 2.21. The third-order valence-electron chi connectivity index (χ3n) is 3.32. The van der Waals surface area contributed by atoms with E-state index in [0.717, 1.165) is 5.39 Å². The second-order valence-electron chi connectivity index (χ2n) is 5.53. The van der Waals surface area contributed by atoms with Crippen molar-refractivity contribution >= 4 is 27.8 Å². The molecule has 0 saturated heterocycles. The third kappa shape index (κ3) is 12.2. The zero-order valence-corrected chi connectivity index (χ0v) is 20.3. The molecule has 0 aliphatic carbocycles. The average molecular weight is 506 g/mol. The number of benzene rings is 3. The van der Waals surface area contributed by atoms with E-state index in [4.69, 9.17) is 0 Å². The Morgan fingerprint density at radius 2 is 1.24 bits per heavy atom. The molecule has 2 N–H and O–H groups in total. The molecule has 0 fully saturated rings. The van der Waals surface area contributed by atoms with Crippen LogP contribution in [0.3, 0.4) is 0 Å². The Morgan fingerprint density at radius 1 is 0.727 bits per heavy atom. The quantitative estimate of drug-likeness (QED) is 0.273. The maximum atomic E-state index is 10.3. The molecule has 0 unspecified atom stereocenters. The van der Waals surface area contributed by atoms with Gasteiger partial charge in [-0.25, -0.2) is 0 Å². The Bertz CT molecular complexity index is 945. The van der Waals surface area contributed by atoms with E-state index >= 15 is 0 Å². The summed E-state index contributed by atoms with van der Waals surface area (Å²) in [4.78, 5) is 0. The predicted octanol–water partition coefficient (Wildman–Crippen LogP) is 10.1. The van der Waals surface area contributed by atoms with E-state index in [1.54, 1.807) is 25.2 Å². The summed E-state index contributed by atoms with van der Waals surface area (Å²) in [6, 6.07) is 15.7. The van der Waals surface area contributed by atoms with Crippen LogP contribution in [0.15, 0.2) is 75.1 Å². The molecule has 0 aliphatic heterocycles. The van der Waals surface area contributed by atoms with E-state index in [9.17, 15) is 10.2 Å². The van der Waals surface area contributed by atoms with E-state index < -0.39 is 0 Å². The fraction of sp³-hybridized carbons (Fsp3) is 0.385. The second-order valence-corrected chi connectivity index (χ2v) is 5.53. The fourth-order valence-electron chi connectivity index (χ4n) is 2.21. The van der Waals surface area contributed by atoms with Crippen LogP contribution in [0.2, 0.25) is 0 Å². The van der Waals surface area contributed by atoms with Crippen molar-refractivity contribution in [1.29, 1.82) is 0 Å². The van der Waals surface area contributed by atoms with Crippen LogP contribution < -0.4 is 0 Å². The summed E-state index contributed by atoms with van der Waals surface area (Å²) in [5.41, 5.74) is 1.14. The van der Waals surface area contributed by atoms with Crippen LogP contribution in [-0.4, -0.2) is 17.3 Å². The molecule has 0 heterocycles. The summed E-state index contributed by atoms with van der Waals surface area (Å²) < 4.78 is 0. The maximum absolute atomic E-state index is 10.3.